The summed E-state index contributed by atoms with van der Waals surface area (Å²) in [5.41, 5.74) is 0.757. The molecule has 164 valence electrons. The lowest BCUT2D eigenvalue weighted by molar-refractivity contribution is -0.116. The predicted octanol–water partition coefficient (Wildman–Crippen LogP) is 2.57. The third kappa shape index (κ3) is 5.27. The molecule has 1 aromatic heterocycles. The van der Waals surface area contributed by atoms with Gasteiger partial charge < -0.3 is 4.74 Å². The predicted molar refractivity (Wildman–Crippen MR) is 118 cm³/mol. The average molecular weight is 464 g/mol. The van der Waals surface area contributed by atoms with Crippen molar-refractivity contribution in [1.29, 1.82) is 0 Å². The maximum atomic E-state index is 13.2. The Bertz CT molecular complexity index is 1130. The van der Waals surface area contributed by atoms with Crippen LogP contribution in [0.1, 0.15) is 0 Å². The number of thiazole rings is 1. The third-order valence-electron chi connectivity index (χ3n) is 5.04. The fourth-order valence-corrected chi connectivity index (χ4v) is 5.54. The molecule has 1 amide bonds. The van der Waals surface area contributed by atoms with Crippen LogP contribution in [-0.2, 0) is 19.4 Å². The van der Waals surface area contributed by atoms with Gasteiger partial charge in [-0.3, -0.25) is 14.6 Å². The lowest BCUT2D eigenvalue weighted by atomic mass is 10.3. The number of rotatable bonds is 7. The first-order chi connectivity index (χ1) is 14.9. The van der Waals surface area contributed by atoms with E-state index in [-0.39, 0.29) is 4.90 Å². The van der Waals surface area contributed by atoms with Gasteiger partial charge in [-0.15, -0.1) is 0 Å². The van der Waals surface area contributed by atoms with E-state index in [2.05, 4.69) is 9.88 Å². The fraction of sp³-hybridized carbons (Fsp3) is 0.333. The van der Waals surface area contributed by atoms with E-state index in [1.165, 1.54) is 28.4 Å². The van der Waals surface area contributed by atoms with E-state index in [9.17, 15) is 17.6 Å². The molecule has 0 atom stereocenters. The van der Waals surface area contributed by atoms with Crippen molar-refractivity contribution in [1.82, 2.24) is 9.88 Å². The fourth-order valence-electron chi connectivity index (χ4n) is 3.33. The first kappa shape index (κ1) is 21.8. The van der Waals surface area contributed by atoms with Crippen molar-refractivity contribution < 1.29 is 22.3 Å². The molecule has 0 aliphatic carbocycles. The summed E-state index contributed by atoms with van der Waals surface area (Å²) >= 11 is 1.35. The highest BCUT2D eigenvalue weighted by Crippen LogP contribution is 2.29. The SMILES string of the molecule is O=C(CS(=O)(=O)c1ccc(F)cc1)N(CCN1CCOCC1)c1nc2ccccc2s1. The van der Waals surface area contributed by atoms with Crippen LogP contribution in [0.2, 0.25) is 0 Å². The van der Waals surface area contributed by atoms with Crippen LogP contribution >= 0.6 is 11.3 Å². The van der Waals surface area contributed by atoms with Crippen LogP contribution < -0.4 is 4.90 Å². The molecule has 0 bridgehead atoms. The number of para-hydroxylation sites is 1. The number of hydrogen-bond acceptors (Lipinski definition) is 7. The molecule has 1 saturated heterocycles. The van der Waals surface area contributed by atoms with E-state index >= 15 is 0 Å². The van der Waals surface area contributed by atoms with Gasteiger partial charge in [0.25, 0.3) is 0 Å². The maximum absolute atomic E-state index is 13.2. The zero-order valence-corrected chi connectivity index (χ0v) is 18.4. The normalized spacial score (nSPS) is 15.3. The van der Waals surface area contributed by atoms with Gasteiger partial charge in [0.15, 0.2) is 15.0 Å². The lowest BCUT2D eigenvalue weighted by Gasteiger charge is -2.29. The summed E-state index contributed by atoms with van der Waals surface area (Å²) in [5.74, 6) is -1.80. The number of morpholine rings is 1. The highest BCUT2D eigenvalue weighted by atomic mass is 32.2. The minimum absolute atomic E-state index is 0.0836. The summed E-state index contributed by atoms with van der Waals surface area (Å²) < 4.78 is 45.0. The van der Waals surface area contributed by atoms with Gasteiger partial charge in [-0.05, 0) is 36.4 Å². The minimum Gasteiger partial charge on any atom is -0.379 e. The standard InChI is InChI=1S/C21H22FN3O4S2/c22-16-5-7-17(8-6-16)31(27,28)15-20(26)25(10-9-24-11-13-29-14-12-24)21-23-18-3-1-2-4-19(18)30-21/h1-8H,9-15H2. The van der Waals surface area contributed by atoms with Crippen molar-refractivity contribution in [3.8, 4) is 0 Å². The molecule has 10 heteroatoms. The Kier molecular flexibility index (Phi) is 6.61. The van der Waals surface area contributed by atoms with Crippen LogP contribution in [0.5, 0.6) is 0 Å². The van der Waals surface area contributed by atoms with Crippen LogP contribution in [0.4, 0.5) is 9.52 Å². The van der Waals surface area contributed by atoms with E-state index in [0.29, 0.717) is 31.4 Å². The number of carbonyl (C=O) groups is 1. The van der Waals surface area contributed by atoms with Crippen LogP contribution in [0.3, 0.4) is 0 Å². The molecule has 1 fully saturated rings. The Morgan fingerprint density at radius 1 is 1.13 bits per heavy atom. The number of nitrogens with zero attached hydrogens (tertiary/aromatic N) is 3. The molecule has 0 spiro atoms. The van der Waals surface area contributed by atoms with Gasteiger partial charge in [0.05, 0.1) is 28.3 Å². The van der Waals surface area contributed by atoms with Gasteiger partial charge in [-0.1, -0.05) is 23.5 Å². The van der Waals surface area contributed by atoms with Crippen LogP contribution in [-0.4, -0.2) is 69.4 Å². The molecular formula is C21H22FN3O4S2. The Labute approximate surface area is 184 Å². The van der Waals surface area contributed by atoms with Crippen LogP contribution in [0.25, 0.3) is 10.2 Å². The Hall–Kier alpha value is -2.40. The van der Waals surface area contributed by atoms with Crippen molar-refractivity contribution in [3.05, 3.63) is 54.3 Å². The number of halogens is 1. The van der Waals surface area contributed by atoms with E-state index in [1.54, 1.807) is 0 Å². The first-order valence-corrected chi connectivity index (χ1v) is 12.3. The van der Waals surface area contributed by atoms with Gasteiger partial charge in [0.2, 0.25) is 5.91 Å². The Morgan fingerprint density at radius 2 is 1.84 bits per heavy atom. The molecule has 0 N–H and O–H groups in total. The molecule has 2 heterocycles. The van der Waals surface area contributed by atoms with Gasteiger partial charge in [0, 0.05) is 26.2 Å². The third-order valence-corrected chi connectivity index (χ3v) is 7.72. The van der Waals surface area contributed by atoms with Gasteiger partial charge in [-0.25, -0.2) is 17.8 Å². The topological polar surface area (TPSA) is 79.8 Å². The second-order valence-electron chi connectivity index (χ2n) is 7.18. The van der Waals surface area contributed by atoms with Gasteiger partial charge in [-0.2, -0.15) is 0 Å². The number of anilines is 1. The van der Waals surface area contributed by atoms with Crippen molar-refractivity contribution in [2.75, 3.05) is 50.0 Å². The molecule has 4 rings (SSSR count). The molecule has 0 unspecified atom stereocenters. The number of aromatic nitrogens is 1. The Balaban J connectivity index is 1.57. The average Bonchev–Trinajstić information content (AvgIpc) is 3.18. The maximum Gasteiger partial charge on any atom is 0.244 e. The molecule has 0 saturated carbocycles. The quantitative estimate of drug-likeness (QED) is 0.501. The Morgan fingerprint density at radius 3 is 2.55 bits per heavy atom. The zero-order chi connectivity index (χ0) is 21.8. The number of amides is 1. The summed E-state index contributed by atoms with van der Waals surface area (Å²) in [6.07, 6.45) is 0. The molecule has 2 aromatic carbocycles. The molecule has 0 radical (unpaired) electrons. The molecule has 3 aromatic rings. The summed E-state index contributed by atoms with van der Waals surface area (Å²) in [4.78, 5) is 21.2. The number of sulfone groups is 1. The highest BCUT2D eigenvalue weighted by molar-refractivity contribution is 7.92. The second kappa shape index (κ2) is 9.39. The summed E-state index contributed by atoms with van der Waals surface area (Å²) in [6.45, 7) is 3.69. The summed E-state index contributed by atoms with van der Waals surface area (Å²) in [6, 6.07) is 12.0. The van der Waals surface area contributed by atoms with Crippen molar-refractivity contribution in [2.24, 2.45) is 0 Å². The first-order valence-electron chi connectivity index (χ1n) is 9.87. The lowest BCUT2D eigenvalue weighted by Crippen LogP contribution is -2.44. The van der Waals surface area contributed by atoms with Crippen LogP contribution in [0.15, 0.2) is 53.4 Å². The number of hydrogen-bond donors (Lipinski definition) is 0. The van der Waals surface area contributed by atoms with Crippen molar-refractivity contribution in [2.45, 2.75) is 4.90 Å². The monoisotopic (exact) mass is 463 g/mol. The molecule has 7 nitrogen and oxygen atoms in total. The largest absolute Gasteiger partial charge is 0.379 e. The summed E-state index contributed by atoms with van der Waals surface area (Å²) in [5, 5.41) is 0.466. The number of fused-ring (bicyclic) bond motifs is 1. The van der Waals surface area contributed by atoms with E-state index in [0.717, 1.165) is 35.4 Å². The molecule has 1 aliphatic rings. The van der Waals surface area contributed by atoms with Gasteiger partial charge >= 0.3 is 0 Å². The smallest absolute Gasteiger partial charge is 0.244 e. The number of benzene rings is 2. The van der Waals surface area contributed by atoms with Gasteiger partial charge in [0.1, 0.15) is 11.6 Å². The minimum atomic E-state index is -3.92. The highest BCUT2D eigenvalue weighted by Gasteiger charge is 2.27. The van der Waals surface area contributed by atoms with E-state index in [4.69, 9.17) is 4.74 Å². The molecular weight excluding hydrogens is 441 g/mol. The summed E-state index contributed by atoms with van der Waals surface area (Å²) in [7, 11) is -3.92. The van der Waals surface area contributed by atoms with Crippen LogP contribution in [0, 0.1) is 5.82 Å². The van der Waals surface area contributed by atoms with Crippen molar-refractivity contribution >= 4 is 42.4 Å². The number of ether oxygens (including phenoxy) is 1. The van der Waals surface area contributed by atoms with Crippen molar-refractivity contribution in [3.63, 3.8) is 0 Å². The molecule has 31 heavy (non-hydrogen) atoms. The van der Waals surface area contributed by atoms with E-state index < -0.39 is 27.3 Å². The second-order valence-corrected chi connectivity index (χ2v) is 10.2. The zero-order valence-electron chi connectivity index (χ0n) is 16.7. The number of carbonyl (C=O) groups excluding carboxylic acids is 1. The molecule has 1 aliphatic heterocycles. The van der Waals surface area contributed by atoms with E-state index in [1.807, 2.05) is 24.3 Å².